The van der Waals surface area contributed by atoms with E-state index in [4.69, 9.17) is 35.0 Å². The zero-order valence-electron chi connectivity index (χ0n) is 19.4. The summed E-state index contributed by atoms with van der Waals surface area (Å²) in [6.07, 6.45) is 0. The number of carbonyl (C=O) groups is 1. The van der Waals surface area contributed by atoms with E-state index in [9.17, 15) is 14.9 Å². The van der Waals surface area contributed by atoms with Gasteiger partial charge in [0.05, 0.1) is 16.7 Å². The third-order valence-corrected chi connectivity index (χ3v) is 5.76. The summed E-state index contributed by atoms with van der Waals surface area (Å²) in [5.41, 5.74) is 0.694. The Morgan fingerprint density at radius 2 is 1.81 bits per heavy atom. The van der Waals surface area contributed by atoms with Gasteiger partial charge in [0.2, 0.25) is 6.79 Å². The Hall–Kier alpha value is -4.70. The fourth-order valence-electron chi connectivity index (χ4n) is 3.53. The van der Waals surface area contributed by atoms with Crippen molar-refractivity contribution in [3.8, 4) is 28.7 Å². The number of hydrogen-bond acceptors (Lipinski definition) is 8. The molecule has 0 fully saturated rings. The minimum atomic E-state index is -0.594. The largest absolute Gasteiger partial charge is 0.486 e. The van der Waals surface area contributed by atoms with Crippen LogP contribution in [0.15, 0.2) is 71.1 Å². The van der Waals surface area contributed by atoms with Gasteiger partial charge in [-0.15, -0.1) is 0 Å². The first-order chi connectivity index (χ1) is 17.8. The number of rotatable bonds is 8. The number of nitrogens with one attached hydrogen (secondary N) is 1. The van der Waals surface area contributed by atoms with E-state index in [1.165, 1.54) is 24.3 Å². The molecule has 2 heterocycles. The molecule has 0 saturated heterocycles. The predicted molar refractivity (Wildman–Crippen MR) is 133 cm³/mol. The fraction of sp³-hybridized carbons (Fsp3) is 0.115. The molecule has 11 heteroatoms. The second-order valence-electron chi connectivity index (χ2n) is 8.01. The second-order valence-corrected chi connectivity index (χ2v) is 8.42. The van der Waals surface area contributed by atoms with Gasteiger partial charge < -0.3 is 28.7 Å². The van der Waals surface area contributed by atoms with E-state index < -0.39 is 10.8 Å². The number of carbonyl (C=O) groups excluding carboxylic acids is 1. The molecule has 5 rings (SSSR count). The number of nitro benzene ring substituents is 1. The molecule has 1 N–H and O–H groups in total. The van der Waals surface area contributed by atoms with Crippen LogP contribution in [0.5, 0.6) is 28.7 Å². The first-order valence-corrected chi connectivity index (χ1v) is 11.4. The number of amides is 1. The van der Waals surface area contributed by atoms with Gasteiger partial charge in [-0.25, -0.2) is 0 Å². The molecule has 0 atom stereocenters. The lowest BCUT2D eigenvalue weighted by molar-refractivity contribution is -0.384. The van der Waals surface area contributed by atoms with Crippen molar-refractivity contribution in [2.75, 3.05) is 12.1 Å². The first-order valence-electron chi connectivity index (χ1n) is 11.0. The van der Waals surface area contributed by atoms with E-state index in [0.29, 0.717) is 33.8 Å². The first kappa shape index (κ1) is 24.0. The number of anilines is 1. The summed E-state index contributed by atoms with van der Waals surface area (Å²) in [7, 11) is 0. The van der Waals surface area contributed by atoms with Crippen molar-refractivity contribution in [2.24, 2.45) is 0 Å². The van der Waals surface area contributed by atoms with E-state index in [-0.39, 0.29) is 36.3 Å². The fourth-order valence-corrected chi connectivity index (χ4v) is 3.65. The molecule has 0 saturated carbocycles. The number of nitro groups is 1. The van der Waals surface area contributed by atoms with Crippen molar-refractivity contribution in [1.29, 1.82) is 0 Å². The van der Waals surface area contributed by atoms with Crippen LogP contribution < -0.4 is 24.3 Å². The highest BCUT2D eigenvalue weighted by atomic mass is 35.5. The highest BCUT2D eigenvalue weighted by Crippen LogP contribution is 2.35. The molecule has 10 nitrogen and oxygen atoms in total. The van der Waals surface area contributed by atoms with Crippen LogP contribution in [0.2, 0.25) is 5.02 Å². The Balaban J connectivity index is 1.27. The Labute approximate surface area is 215 Å². The molecule has 1 aliphatic rings. The number of halogens is 1. The molecule has 188 valence electrons. The summed E-state index contributed by atoms with van der Waals surface area (Å²) in [5, 5.41) is 14.6. The quantitative estimate of drug-likeness (QED) is 0.205. The molecule has 37 heavy (non-hydrogen) atoms. The predicted octanol–water partition coefficient (Wildman–Crippen LogP) is 6.50. The second kappa shape index (κ2) is 10.1. The summed E-state index contributed by atoms with van der Waals surface area (Å²) in [5.74, 6) is 2.21. The molecule has 0 spiro atoms. The number of non-ortho nitro benzene ring substituents is 1. The normalized spacial score (nSPS) is 11.7. The number of furan rings is 1. The van der Waals surface area contributed by atoms with Gasteiger partial charge in [0.1, 0.15) is 29.6 Å². The Morgan fingerprint density at radius 3 is 2.62 bits per heavy atom. The van der Waals surface area contributed by atoms with E-state index in [0.717, 1.165) is 5.56 Å². The molecule has 4 aromatic rings. The number of benzene rings is 3. The molecule has 0 radical (unpaired) electrons. The van der Waals surface area contributed by atoms with Crippen LogP contribution in [0.3, 0.4) is 0 Å². The third-order valence-electron chi connectivity index (χ3n) is 5.34. The summed E-state index contributed by atoms with van der Waals surface area (Å²) < 4.78 is 27.6. The van der Waals surface area contributed by atoms with E-state index in [1.54, 1.807) is 42.5 Å². The molecular formula is C26H19ClN2O8. The number of nitrogens with zero attached hydrogens (tertiary/aromatic N) is 1. The highest BCUT2D eigenvalue weighted by Gasteiger charge is 2.17. The lowest BCUT2D eigenvalue weighted by atomic mass is 10.2. The summed E-state index contributed by atoms with van der Waals surface area (Å²) in [6, 6.07) is 17.2. The number of ether oxygens (including phenoxy) is 4. The van der Waals surface area contributed by atoms with Crippen molar-refractivity contribution in [2.45, 2.75) is 13.5 Å². The van der Waals surface area contributed by atoms with Crippen LogP contribution in [0, 0.1) is 17.0 Å². The van der Waals surface area contributed by atoms with E-state index in [1.807, 2.05) is 6.92 Å². The van der Waals surface area contributed by atoms with Crippen LogP contribution in [0.4, 0.5) is 11.4 Å². The molecule has 3 aromatic carbocycles. The maximum Gasteiger partial charge on any atom is 0.291 e. The molecule has 1 aromatic heterocycles. The minimum absolute atomic E-state index is 0.00610. The highest BCUT2D eigenvalue weighted by molar-refractivity contribution is 6.31. The molecule has 0 aliphatic carbocycles. The summed E-state index contributed by atoms with van der Waals surface area (Å²) in [4.78, 5) is 23.6. The lowest BCUT2D eigenvalue weighted by Crippen LogP contribution is -2.11. The maximum atomic E-state index is 12.8. The maximum absolute atomic E-state index is 12.8. The lowest BCUT2D eigenvalue weighted by Gasteiger charge is -2.10. The Bertz CT molecular complexity index is 1500. The molecule has 0 unspecified atom stereocenters. The smallest absolute Gasteiger partial charge is 0.291 e. The van der Waals surface area contributed by atoms with Crippen LogP contribution in [0.1, 0.15) is 21.9 Å². The number of aryl methyl sites for hydroxylation is 1. The van der Waals surface area contributed by atoms with E-state index in [2.05, 4.69) is 5.32 Å². The van der Waals surface area contributed by atoms with Gasteiger partial charge in [-0.2, -0.15) is 0 Å². The van der Waals surface area contributed by atoms with Gasteiger partial charge >= 0.3 is 0 Å². The van der Waals surface area contributed by atoms with Gasteiger partial charge in [0.15, 0.2) is 17.3 Å². The Morgan fingerprint density at radius 1 is 1.00 bits per heavy atom. The van der Waals surface area contributed by atoms with Gasteiger partial charge in [0.25, 0.3) is 11.6 Å². The van der Waals surface area contributed by atoms with Gasteiger partial charge in [0, 0.05) is 23.2 Å². The van der Waals surface area contributed by atoms with Crippen molar-refractivity contribution in [3.05, 3.63) is 99.0 Å². The summed E-state index contributed by atoms with van der Waals surface area (Å²) >= 11 is 6.05. The number of hydrogen-bond donors (Lipinski definition) is 1. The van der Waals surface area contributed by atoms with Gasteiger partial charge in [-0.3, -0.25) is 14.9 Å². The average Bonchev–Trinajstić information content (AvgIpc) is 3.54. The van der Waals surface area contributed by atoms with Crippen LogP contribution >= 0.6 is 11.6 Å². The van der Waals surface area contributed by atoms with Crippen LogP contribution in [-0.4, -0.2) is 17.6 Å². The van der Waals surface area contributed by atoms with Gasteiger partial charge in [-0.1, -0.05) is 11.6 Å². The van der Waals surface area contributed by atoms with Gasteiger partial charge in [-0.05, 0) is 55.0 Å². The molecule has 1 aliphatic heterocycles. The van der Waals surface area contributed by atoms with Crippen molar-refractivity contribution in [1.82, 2.24) is 0 Å². The monoisotopic (exact) mass is 522 g/mol. The topological polar surface area (TPSA) is 122 Å². The summed E-state index contributed by atoms with van der Waals surface area (Å²) in [6.45, 7) is 2.04. The van der Waals surface area contributed by atoms with Crippen LogP contribution in [0.25, 0.3) is 0 Å². The van der Waals surface area contributed by atoms with Crippen molar-refractivity contribution in [3.63, 3.8) is 0 Å². The minimum Gasteiger partial charge on any atom is -0.486 e. The van der Waals surface area contributed by atoms with Crippen molar-refractivity contribution >= 4 is 28.9 Å². The Kier molecular flexibility index (Phi) is 6.57. The van der Waals surface area contributed by atoms with Crippen LogP contribution in [-0.2, 0) is 6.61 Å². The van der Waals surface area contributed by atoms with Crippen molar-refractivity contribution < 1.29 is 33.1 Å². The standard InChI is InChI=1S/C26H19ClN2O8/c1-15-8-19(2-5-22(15)27)36-21-10-16(9-17(11-21)29(31)32)28-26(30)24-7-4-20(37-24)13-33-18-3-6-23-25(12-18)35-14-34-23/h2-12H,13-14H2,1H3,(H,28,30). The zero-order chi connectivity index (χ0) is 25.9. The SMILES string of the molecule is Cc1cc(Oc2cc(NC(=O)c3ccc(COc4ccc5c(c4)OCO5)o3)cc([N+](=O)[O-])c2)ccc1Cl. The molecular weight excluding hydrogens is 504 g/mol. The number of fused-ring (bicyclic) bond motifs is 1. The molecule has 1 amide bonds. The molecule has 0 bridgehead atoms. The zero-order valence-corrected chi connectivity index (χ0v) is 20.1. The average molecular weight is 523 g/mol. The third kappa shape index (κ3) is 5.60. The van der Waals surface area contributed by atoms with E-state index >= 15 is 0 Å².